The van der Waals surface area contributed by atoms with Gasteiger partial charge in [-0.1, -0.05) is 24.3 Å². The van der Waals surface area contributed by atoms with Crippen molar-refractivity contribution in [3.8, 4) is 11.3 Å². The Kier molecular flexibility index (Phi) is 6.24. The van der Waals surface area contributed by atoms with E-state index in [9.17, 15) is 14.0 Å². The van der Waals surface area contributed by atoms with Crippen LogP contribution < -0.4 is 5.32 Å². The number of Topliss-reactive ketones (excluding diaryl/α,β-unsaturated/α-hetero) is 1. The Morgan fingerprint density at radius 2 is 1.91 bits per heavy atom. The third-order valence-electron chi connectivity index (χ3n) is 7.04. The molecule has 1 N–H and O–H groups in total. The minimum absolute atomic E-state index is 0.00857. The zero-order chi connectivity index (χ0) is 24.5. The first kappa shape index (κ1) is 23.0. The maximum atomic E-state index is 14.1. The molecule has 0 bridgehead atoms. The van der Waals surface area contributed by atoms with E-state index in [2.05, 4.69) is 15.3 Å². The minimum Gasteiger partial charge on any atom is -0.305 e. The molecular weight excluding hydrogens is 443 g/mol. The van der Waals surface area contributed by atoms with Gasteiger partial charge >= 0.3 is 0 Å². The molecule has 2 atom stereocenters. The maximum absolute atomic E-state index is 14.1. The molecular formula is C28H27FN4O2. The fourth-order valence-corrected chi connectivity index (χ4v) is 5.22. The summed E-state index contributed by atoms with van der Waals surface area (Å²) in [5, 5.41) is 2.62. The highest BCUT2D eigenvalue weighted by molar-refractivity contribution is 6.15. The van der Waals surface area contributed by atoms with Crippen LogP contribution in [0.5, 0.6) is 0 Å². The van der Waals surface area contributed by atoms with Gasteiger partial charge in [-0.3, -0.25) is 19.6 Å². The Hall–Kier alpha value is -3.74. The van der Waals surface area contributed by atoms with Crippen LogP contribution in [0.25, 0.3) is 11.3 Å². The van der Waals surface area contributed by atoms with E-state index < -0.39 is 11.7 Å². The number of anilines is 1. The van der Waals surface area contributed by atoms with Gasteiger partial charge < -0.3 is 5.32 Å². The van der Waals surface area contributed by atoms with Crippen molar-refractivity contribution >= 4 is 23.2 Å². The van der Waals surface area contributed by atoms with Crippen molar-refractivity contribution in [1.29, 1.82) is 0 Å². The normalized spacial score (nSPS) is 19.6. The van der Waals surface area contributed by atoms with Crippen LogP contribution in [0.2, 0.25) is 0 Å². The molecule has 2 aromatic carbocycles. The van der Waals surface area contributed by atoms with Crippen LogP contribution in [0.15, 0.2) is 53.8 Å². The van der Waals surface area contributed by atoms with Crippen molar-refractivity contribution in [3.05, 3.63) is 76.9 Å². The predicted molar refractivity (Wildman–Crippen MR) is 133 cm³/mol. The smallest absolute Gasteiger partial charge is 0.260 e. The predicted octanol–water partition coefficient (Wildman–Crippen LogP) is 5.33. The second-order valence-electron chi connectivity index (χ2n) is 9.35. The second kappa shape index (κ2) is 9.49. The largest absolute Gasteiger partial charge is 0.305 e. The molecule has 1 fully saturated rings. The number of hydrogen-bond donors (Lipinski definition) is 1. The molecule has 1 aliphatic heterocycles. The molecule has 1 amide bonds. The molecule has 2 aliphatic rings. The zero-order valence-corrected chi connectivity index (χ0v) is 19.8. The van der Waals surface area contributed by atoms with E-state index in [-0.39, 0.29) is 17.3 Å². The van der Waals surface area contributed by atoms with Gasteiger partial charge in [0.2, 0.25) is 0 Å². The van der Waals surface area contributed by atoms with E-state index in [1.54, 1.807) is 25.3 Å². The second-order valence-corrected chi connectivity index (χ2v) is 9.35. The number of nitrogens with one attached hydrogen (secondary N) is 1. The SMILES string of the molecule is Cc1ccc(C2=NCCC3CCCC(=O)C23)cc1-c1cnc(NC(=O)c2c(C)cccc2F)cn1. The monoisotopic (exact) mass is 470 g/mol. The first-order valence-corrected chi connectivity index (χ1v) is 12.0. The molecule has 1 aliphatic carbocycles. The molecule has 1 aromatic heterocycles. The van der Waals surface area contributed by atoms with Gasteiger partial charge in [-0.05, 0) is 67.9 Å². The summed E-state index contributed by atoms with van der Waals surface area (Å²) in [5.74, 6) is -0.339. The summed E-state index contributed by atoms with van der Waals surface area (Å²) >= 11 is 0. The maximum Gasteiger partial charge on any atom is 0.260 e. The van der Waals surface area contributed by atoms with Crippen LogP contribution in [0.4, 0.5) is 10.2 Å². The number of hydrogen-bond acceptors (Lipinski definition) is 5. The zero-order valence-electron chi connectivity index (χ0n) is 19.8. The van der Waals surface area contributed by atoms with Gasteiger partial charge in [0.05, 0.1) is 35.3 Å². The number of aliphatic imine (C=N–C) groups is 1. The Labute approximate surface area is 203 Å². The number of ketones is 1. The Morgan fingerprint density at radius 3 is 2.69 bits per heavy atom. The number of benzene rings is 2. The third kappa shape index (κ3) is 4.50. The topological polar surface area (TPSA) is 84.3 Å². The van der Waals surface area contributed by atoms with Gasteiger partial charge in [-0.25, -0.2) is 9.37 Å². The molecule has 1 saturated carbocycles. The van der Waals surface area contributed by atoms with Crippen LogP contribution in [0.3, 0.4) is 0 Å². The van der Waals surface area contributed by atoms with Gasteiger partial charge in [-0.15, -0.1) is 0 Å². The number of aromatic nitrogens is 2. The van der Waals surface area contributed by atoms with Crippen molar-refractivity contribution in [2.45, 2.75) is 39.5 Å². The van der Waals surface area contributed by atoms with E-state index in [4.69, 9.17) is 4.99 Å². The standard InChI is InChI=1S/C28H27FN4O2/c1-16-9-10-19(27-26-18(11-12-30-27)6-4-8-23(26)34)13-20(16)22-14-32-24(15-31-22)33-28(35)25-17(2)5-3-7-21(25)29/h3,5,7,9-10,13-15,18,26H,4,6,8,11-12H2,1-2H3,(H,32,33,35). The number of fused-ring (bicyclic) bond motifs is 1. The summed E-state index contributed by atoms with van der Waals surface area (Å²) < 4.78 is 14.1. The molecule has 3 aromatic rings. The number of carbonyl (C=O) groups is 2. The molecule has 2 unspecified atom stereocenters. The summed E-state index contributed by atoms with van der Waals surface area (Å²) in [4.78, 5) is 38.9. The molecule has 6 nitrogen and oxygen atoms in total. The average Bonchev–Trinajstić information content (AvgIpc) is 2.85. The first-order chi connectivity index (χ1) is 16.9. The van der Waals surface area contributed by atoms with Crippen molar-refractivity contribution in [3.63, 3.8) is 0 Å². The fourth-order valence-electron chi connectivity index (χ4n) is 5.22. The molecule has 5 rings (SSSR count). The number of amides is 1. The van der Waals surface area contributed by atoms with Crippen LogP contribution in [0, 0.1) is 31.5 Å². The average molecular weight is 471 g/mol. The molecule has 178 valence electrons. The molecule has 2 heterocycles. The van der Waals surface area contributed by atoms with E-state index in [0.717, 1.165) is 48.2 Å². The summed E-state index contributed by atoms with van der Waals surface area (Å²) in [7, 11) is 0. The Bertz CT molecular complexity index is 1310. The molecule has 7 heteroatoms. The summed E-state index contributed by atoms with van der Waals surface area (Å²) in [6, 6.07) is 10.6. The number of carbonyl (C=O) groups excluding carboxylic acids is 2. The molecule has 0 radical (unpaired) electrons. The van der Waals surface area contributed by atoms with E-state index in [1.165, 1.54) is 12.3 Å². The number of halogens is 1. The summed E-state index contributed by atoms with van der Waals surface area (Å²) in [6.45, 7) is 4.43. The van der Waals surface area contributed by atoms with Crippen molar-refractivity contribution in [2.75, 3.05) is 11.9 Å². The highest BCUT2D eigenvalue weighted by Crippen LogP contribution is 2.36. The van der Waals surface area contributed by atoms with Gasteiger partial charge in [0.1, 0.15) is 11.6 Å². The van der Waals surface area contributed by atoms with Crippen LogP contribution >= 0.6 is 0 Å². The lowest BCUT2D eigenvalue weighted by atomic mass is 9.71. The van der Waals surface area contributed by atoms with Crippen LogP contribution in [0.1, 0.15) is 52.7 Å². The van der Waals surface area contributed by atoms with Gasteiger partial charge in [0.15, 0.2) is 5.82 Å². The van der Waals surface area contributed by atoms with Crippen LogP contribution in [-0.2, 0) is 4.79 Å². The van der Waals surface area contributed by atoms with Gasteiger partial charge in [0.25, 0.3) is 5.91 Å². The lowest BCUT2D eigenvalue weighted by Gasteiger charge is -2.34. The lowest BCUT2D eigenvalue weighted by molar-refractivity contribution is -0.124. The highest BCUT2D eigenvalue weighted by atomic mass is 19.1. The summed E-state index contributed by atoms with van der Waals surface area (Å²) in [5.41, 5.74) is 4.94. The molecule has 0 spiro atoms. The number of rotatable bonds is 4. The van der Waals surface area contributed by atoms with Crippen molar-refractivity contribution in [1.82, 2.24) is 9.97 Å². The number of aryl methyl sites for hydroxylation is 2. The Balaban J connectivity index is 1.40. The first-order valence-electron chi connectivity index (χ1n) is 12.0. The molecule has 35 heavy (non-hydrogen) atoms. The minimum atomic E-state index is -0.580. The van der Waals surface area contributed by atoms with E-state index >= 15 is 0 Å². The van der Waals surface area contributed by atoms with Crippen molar-refractivity contribution < 1.29 is 14.0 Å². The Morgan fingerprint density at radius 1 is 1.06 bits per heavy atom. The molecule has 0 saturated heterocycles. The number of nitrogens with zero attached hydrogens (tertiary/aromatic N) is 3. The van der Waals surface area contributed by atoms with Gasteiger partial charge in [0, 0.05) is 18.5 Å². The van der Waals surface area contributed by atoms with Gasteiger partial charge in [-0.2, -0.15) is 0 Å². The van der Waals surface area contributed by atoms with Crippen molar-refractivity contribution in [2.24, 2.45) is 16.8 Å². The van der Waals surface area contributed by atoms with Crippen LogP contribution in [-0.4, -0.2) is 33.9 Å². The summed E-state index contributed by atoms with van der Waals surface area (Å²) in [6.07, 6.45) is 6.72. The highest BCUT2D eigenvalue weighted by Gasteiger charge is 2.37. The quantitative estimate of drug-likeness (QED) is 0.559. The fraction of sp³-hybridized carbons (Fsp3) is 0.321. The third-order valence-corrected chi connectivity index (χ3v) is 7.04. The van der Waals surface area contributed by atoms with E-state index in [0.29, 0.717) is 29.4 Å². The van der Waals surface area contributed by atoms with E-state index in [1.807, 2.05) is 25.1 Å². The lowest BCUT2D eigenvalue weighted by Crippen LogP contribution is -2.38.